The maximum absolute atomic E-state index is 13.0. The molecule has 134 valence electrons. The summed E-state index contributed by atoms with van der Waals surface area (Å²) in [6, 6.07) is 10.2. The number of furan rings is 1. The summed E-state index contributed by atoms with van der Waals surface area (Å²) < 4.78 is 32.3. The molecule has 0 saturated heterocycles. The van der Waals surface area contributed by atoms with Crippen LogP contribution in [0.3, 0.4) is 0 Å². The Bertz CT molecular complexity index is 1060. The van der Waals surface area contributed by atoms with Gasteiger partial charge in [-0.1, -0.05) is 29.5 Å². The molecule has 2 aromatic heterocycles. The minimum Gasteiger partial charge on any atom is -0.459 e. The summed E-state index contributed by atoms with van der Waals surface area (Å²) in [6.07, 6.45) is 2.01. The zero-order valence-electron chi connectivity index (χ0n) is 13.6. The van der Waals surface area contributed by atoms with Gasteiger partial charge in [-0.2, -0.15) is 8.42 Å². The van der Waals surface area contributed by atoms with Crippen molar-refractivity contribution in [2.75, 3.05) is 9.62 Å². The van der Waals surface area contributed by atoms with Gasteiger partial charge in [0.2, 0.25) is 5.13 Å². The lowest BCUT2D eigenvalue weighted by molar-refractivity contribution is 0.0996. The molecular formula is C16H14N4O4S2. The van der Waals surface area contributed by atoms with E-state index in [9.17, 15) is 13.2 Å². The Morgan fingerprint density at radius 3 is 2.85 bits per heavy atom. The van der Waals surface area contributed by atoms with E-state index in [1.165, 1.54) is 16.6 Å². The van der Waals surface area contributed by atoms with E-state index in [1.54, 1.807) is 18.2 Å². The molecular weight excluding hydrogens is 376 g/mol. The third kappa shape index (κ3) is 2.76. The van der Waals surface area contributed by atoms with Crippen LogP contribution in [-0.2, 0) is 16.4 Å². The first kappa shape index (κ1) is 16.7. The van der Waals surface area contributed by atoms with E-state index in [1.807, 2.05) is 19.1 Å². The fourth-order valence-electron chi connectivity index (χ4n) is 2.92. The van der Waals surface area contributed by atoms with E-state index in [-0.39, 0.29) is 21.3 Å². The van der Waals surface area contributed by atoms with E-state index in [4.69, 9.17) is 4.42 Å². The van der Waals surface area contributed by atoms with Crippen molar-refractivity contribution in [2.45, 2.75) is 23.7 Å². The zero-order valence-corrected chi connectivity index (χ0v) is 15.3. The highest BCUT2D eigenvalue weighted by Crippen LogP contribution is 2.37. The third-order valence-corrected chi connectivity index (χ3v) is 7.11. The Hall–Kier alpha value is -2.72. The predicted octanol–water partition coefficient (Wildman–Crippen LogP) is 2.52. The van der Waals surface area contributed by atoms with Gasteiger partial charge in [0.15, 0.2) is 5.76 Å². The van der Waals surface area contributed by atoms with E-state index >= 15 is 0 Å². The van der Waals surface area contributed by atoms with Crippen molar-refractivity contribution in [1.82, 2.24) is 10.2 Å². The van der Waals surface area contributed by atoms with Crippen LogP contribution in [0.15, 0.2) is 51.4 Å². The first-order valence-corrected chi connectivity index (χ1v) is 10.0. The first-order chi connectivity index (χ1) is 12.5. The molecule has 0 unspecified atom stereocenters. The second-order valence-electron chi connectivity index (χ2n) is 5.79. The number of amides is 1. The molecule has 1 N–H and O–H groups in total. The van der Waals surface area contributed by atoms with Crippen molar-refractivity contribution in [1.29, 1.82) is 0 Å². The number of rotatable bonds is 4. The van der Waals surface area contributed by atoms with E-state index in [0.717, 1.165) is 16.9 Å². The predicted molar refractivity (Wildman–Crippen MR) is 95.8 cm³/mol. The average Bonchev–Trinajstić information content (AvgIpc) is 3.33. The molecule has 1 aliphatic rings. The summed E-state index contributed by atoms with van der Waals surface area (Å²) in [5, 5.41) is 10.1. The van der Waals surface area contributed by atoms with Crippen LogP contribution in [0.2, 0.25) is 0 Å². The van der Waals surface area contributed by atoms with Gasteiger partial charge in [0.25, 0.3) is 20.3 Å². The molecule has 26 heavy (non-hydrogen) atoms. The molecule has 3 heterocycles. The minimum absolute atomic E-state index is 0.0881. The molecule has 0 radical (unpaired) electrons. The molecule has 1 aliphatic heterocycles. The van der Waals surface area contributed by atoms with Gasteiger partial charge in [-0.05, 0) is 37.1 Å². The van der Waals surface area contributed by atoms with Crippen molar-refractivity contribution in [2.24, 2.45) is 0 Å². The summed E-state index contributed by atoms with van der Waals surface area (Å²) >= 11 is 0.804. The van der Waals surface area contributed by atoms with Crippen LogP contribution in [-0.4, -0.2) is 30.6 Å². The monoisotopic (exact) mass is 390 g/mol. The maximum atomic E-state index is 13.0. The van der Waals surface area contributed by atoms with Crippen molar-refractivity contribution >= 4 is 38.1 Å². The molecule has 0 spiro atoms. The Labute approximate surface area is 153 Å². The SMILES string of the molecule is C[C@H]1Cc2ccccc2N1S(=O)(=O)c1nnc(NC(=O)c2ccco2)s1. The van der Waals surface area contributed by atoms with Crippen LogP contribution < -0.4 is 9.62 Å². The number of fused-ring (bicyclic) bond motifs is 1. The van der Waals surface area contributed by atoms with E-state index in [2.05, 4.69) is 15.5 Å². The van der Waals surface area contributed by atoms with Gasteiger partial charge < -0.3 is 4.42 Å². The molecule has 4 rings (SSSR count). The molecule has 0 aliphatic carbocycles. The summed E-state index contributed by atoms with van der Waals surface area (Å²) in [4.78, 5) is 12.0. The maximum Gasteiger partial charge on any atom is 0.293 e. The quantitative estimate of drug-likeness (QED) is 0.686. The van der Waals surface area contributed by atoms with Gasteiger partial charge in [-0.25, -0.2) is 0 Å². The molecule has 0 fully saturated rings. The number of aromatic nitrogens is 2. The normalized spacial score (nSPS) is 16.5. The molecule has 1 amide bonds. The van der Waals surface area contributed by atoms with Crippen molar-refractivity contribution in [3.63, 3.8) is 0 Å². The van der Waals surface area contributed by atoms with Crippen LogP contribution in [0.25, 0.3) is 0 Å². The molecule has 0 saturated carbocycles. The van der Waals surface area contributed by atoms with Gasteiger partial charge in [-0.15, -0.1) is 10.2 Å². The highest BCUT2D eigenvalue weighted by atomic mass is 32.2. The van der Waals surface area contributed by atoms with Gasteiger partial charge in [0, 0.05) is 6.04 Å². The smallest absolute Gasteiger partial charge is 0.293 e. The van der Waals surface area contributed by atoms with Crippen molar-refractivity contribution in [3.8, 4) is 0 Å². The Balaban J connectivity index is 1.62. The highest BCUT2D eigenvalue weighted by molar-refractivity contribution is 7.94. The number of carbonyl (C=O) groups is 1. The van der Waals surface area contributed by atoms with Crippen molar-refractivity contribution in [3.05, 3.63) is 54.0 Å². The number of nitrogens with one attached hydrogen (secondary N) is 1. The lowest BCUT2D eigenvalue weighted by Gasteiger charge is -2.22. The second-order valence-corrected chi connectivity index (χ2v) is 8.75. The summed E-state index contributed by atoms with van der Waals surface area (Å²) in [5.41, 5.74) is 1.62. The second kappa shape index (κ2) is 6.22. The first-order valence-electron chi connectivity index (χ1n) is 7.77. The van der Waals surface area contributed by atoms with Crippen LogP contribution in [0, 0.1) is 0 Å². The summed E-state index contributed by atoms with van der Waals surface area (Å²) in [7, 11) is -3.87. The number of anilines is 2. The summed E-state index contributed by atoms with van der Waals surface area (Å²) in [6.45, 7) is 1.85. The highest BCUT2D eigenvalue weighted by Gasteiger charge is 2.38. The van der Waals surface area contributed by atoms with Crippen LogP contribution in [0.5, 0.6) is 0 Å². The Morgan fingerprint density at radius 1 is 1.27 bits per heavy atom. The molecule has 3 aromatic rings. The number of benzene rings is 1. The molecule has 0 bridgehead atoms. The molecule has 1 atom stereocenters. The molecule has 8 nitrogen and oxygen atoms in total. The molecule has 1 aromatic carbocycles. The van der Waals surface area contributed by atoms with Gasteiger partial charge >= 0.3 is 0 Å². The van der Waals surface area contributed by atoms with Gasteiger partial charge in [-0.3, -0.25) is 14.4 Å². The number of carbonyl (C=O) groups excluding carboxylic acids is 1. The number of para-hydroxylation sites is 1. The van der Waals surface area contributed by atoms with Gasteiger partial charge in [0.05, 0.1) is 12.0 Å². The van der Waals surface area contributed by atoms with Crippen molar-refractivity contribution < 1.29 is 17.6 Å². The number of sulfonamides is 1. The van der Waals surface area contributed by atoms with E-state index in [0.29, 0.717) is 12.1 Å². The zero-order chi connectivity index (χ0) is 18.3. The Morgan fingerprint density at radius 2 is 2.08 bits per heavy atom. The number of hydrogen-bond donors (Lipinski definition) is 1. The topological polar surface area (TPSA) is 105 Å². The van der Waals surface area contributed by atoms with Crippen LogP contribution >= 0.6 is 11.3 Å². The summed E-state index contributed by atoms with van der Waals surface area (Å²) in [5.74, 6) is -0.415. The van der Waals surface area contributed by atoms with Gasteiger partial charge in [0.1, 0.15) is 0 Å². The lowest BCUT2D eigenvalue weighted by Crippen LogP contribution is -2.35. The largest absolute Gasteiger partial charge is 0.459 e. The number of nitrogens with zero attached hydrogens (tertiary/aromatic N) is 3. The van der Waals surface area contributed by atoms with Crippen LogP contribution in [0.1, 0.15) is 23.0 Å². The lowest BCUT2D eigenvalue weighted by atomic mass is 10.1. The molecule has 10 heteroatoms. The Kier molecular flexibility index (Phi) is 4.00. The average molecular weight is 390 g/mol. The van der Waals surface area contributed by atoms with E-state index < -0.39 is 15.9 Å². The standard InChI is InChI=1S/C16H14N4O4S2/c1-10-9-11-5-2-3-6-12(11)20(10)26(22,23)16-19-18-15(25-16)17-14(21)13-7-4-8-24-13/h2-8,10H,9H2,1H3,(H,17,18,21)/t10-/m0/s1. The fourth-order valence-corrected chi connectivity index (χ4v) is 5.59. The fraction of sp³-hybridized carbons (Fsp3) is 0.188. The minimum atomic E-state index is -3.87. The van der Waals surface area contributed by atoms with Crippen LogP contribution in [0.4, 0.5) is 10.8 Å². The third-order valence-electron chi connectivity index (χ3n) is 4.00. The number of hydrogen-bond acceptors (Lipinski definition) is 7.